The molecular formula is C12H13NO3S. The molecule has 1 aromatic rings. The van der Waals surface area contributed by atoms with Gasteiger partial charge in [-0.25, -0.2) is 0 Å². The number of nitriles is 1. The number of rotatable bonds is 5. The van der Waals surface area contributed by atoms with Crippen molar-refractivity contribution in [3.8, 4) is 6.07 Å². The standard InChI is InChI=1S/C12H13NO3S/c13-9-8-12(6-7-12)10-16-17(14,15)11-4-2-1-3-5-11/h1-5H,6-8,10H2. The van der Waals surface area contributed by atoms with Crippen LogP contribution in [0, 0.1) is 16.7 Å². The van der Waals surface area contributed by atoms with Gasteiger partial charge in [0.05, 0.1) is 17.6 Å². The van der Waals surface area contributed by atoms with E-state index in [4.69, 9.17) is 9.44 Å². The minimum atomic E-state index is -3.68. The maximum Gasteiger partial charge on any atom is 0.296 e. The molecule has 0 saturated heterocycles. The van der Waals surface area contributed by atoms with Crippen molar-refractivity contribution in [2.75, 3.05) is 6.61 Å². The number of nitrogens with zero attached hydrogens (tertiary/aromatic N) is 1. The Bertz CT molecular complexity index is 527. The third-order valence-corrected chi connectivity index (χ3v) is 4.24. The van der Waals surface area contributed by atoms with E-state index in [2.05, 4.69) is 6.07 Å². The molecule has 0 aromatic heterocycles. The molecule has 0 amide bonds. The Morgan fingerprint density at radius 1 is 1.29 bits per heavy atom. The van der Waals surface area contributed by atoms with Gasteiger partial charge in [0, 0.05) is 11.8 Å². The van der Waals surface area contributed by atoms with Crippen LogP contribution < -0.4 is 0 Å². The van der Waals surface area contributed by atoms with Gasteiger partial charge in [-0.15, -0.1) is 0 Å². The molecule has 1 aromatic carbocycles. The molecule has 1 fully saturated rings. The van der Waals surface area contributed by atoms with E-state index >= 15 is 0 Å². The first-order valence-corrected chi connectivity index (χ1v) is 6.80. The molecule has 1 saturated carbocycles. The fraction of sp³-hybridized carbons (Fsp3) is 0.417. The van der Waals surface area contributed by atoms with Crippen LogP contribution in [-0.2, 0) is 14.3 Å². The van der Waals surface area contributed by atoms with Gasteiger partial charge in [-0.2, -0.15) is 13.7 Å². The molecule has 17 heavy (non-hydrogen) atoms. The Labute approximate surface area is 101 Å². The van der Waals surface area contributed by atoms with Crippen molar-refractivity contribution < 1.29 is 12.6 Å². The van der Waals surface area contributed by atoms with Crippen LogP contribution in [0.4, 0.5) is 0 Å². The van der Waals surface area contributed by atoms with E-state index in [0.717, 1.165) is 12.8 Å². The molecule has 1 aliphatic rings. The highest BCUT2D eigenvalue weighted by molar-refractivity contribution is 7.86. The third kappa shape index (κ3) is 2.84. The van der Waals surface area contributed by atoms with Crippen LogP contribution in [0.15, 0.2) is 35.2 Å². The smallest absolute Gasteiger partial charge is 0.266 e. The lowest BCUT2D eigenvalue weighted by atomic mass is 10.1. The van der Waals surface area contributed by atoms with Crippen LogP contribution in [0.3, 0.4) is 0 Å². The molecule has 90 valence electrons. The number of hydrogen-bond donors (Lipinski definition) is 0. The second kappa shape index (κ2) is 4.47. The largest absolute Gasteiger partial charge is 0.296 e. The molecule has 0 N–H and O–H groups in total. The molecule has 0 spiro atoms. The minimum Gasteiger partial charge on any atom is -0.266 e. The van der Waals surface area contributed by atoms with Crippen molar-refractivity contribution >= 4 is 10.1 Å². The van der Waals surface area contributed by atoms with Gasteiger partial charge < -0.3 is 0 Å². The van der Waals surface area contributed by atoms with Crippen LogP contribution in [0.5, 0.6) is 0 Å². The lowest BCUT2D eigenvalue weighted by Crippen LogP contribution is -2.15. The van der Waals surface area contributed by atoms with E-state index in [-0.39, 0.29) is 16.9 Å². The van der Waals surface area contributed by atoms with E-state index < -0.39 is 10.1 Å². The zero-order valence-electron chi connectivity index (χ0n) is 9.30. The summed E-state index contributed by atoms with van der Waals surface area (Å²) < 4.78 is 28.6. The summed E-state index contributed by atoms with van der Waals surface area (Å²) in [5.41, 5.74) is -0.226. The molecule has 0 aliphatic heterocycles. The Hall–Kier alpha value is -1.38. The van der Waals surface area contributed by atoms with E-state index in [1.54, 1.807) is 18.2 Å². The van der Waals surface area contributed by atoms with Gasteiger partial charge >= 0.3 is 0 Å². The van der Waals surface area contributed by atoms with E-state index in [0.29, 0.717) is 6.42 Å². The molecule has 0 radical (unpaired) electrons. The first-order valence-electron chi connectivity index (χ1n) is 5.39. The van der Waals surface area contributed by atoms with Crippen LogP contribution in [0.1, 0.15) is 19.3 Å². The van der Waals surface area contributed by atoms with Crippen molar-refractivity contribution in [1.82, 2.24) is 0 Å². The monoisotopic (exact) mass is 251 g/mol. The average Bonchev–Trinajstić information content (AvgIpc) is 3.09. The van der Waals surface area contributed by atoms with Crippen molar-refractivity contribution in [1.29, 1.82) is 5.26 Å². The first-order chi connectivity index (χ1) is 8.08. The molecule has 2 rings (SSSR count). The maximum atomic E-state index is 11.8. The van der Waals surface area contributed by atoms with Gasteiger partial charge in [-0.3, -0.25) is 4.18 Å². The van der Waals surface area contributed by atoms with Gasteiger partial charge in [-0.1, -0.05) is 18.2 Å². The average molecular weight is 251 g/mol. The Balaban J connectivity index is 2.03. The summed E-state index contributed by atoms with van der Waals surface area (Å²) in [4.78, 5) is 0.160. The second-order valence-corrected chi connectivity index (χ2v) is 5.98. The Kier molecular flexibility index (Phi) is 3.18. The SMILES string of the molecule is N#CCC1(COS(=O)(=O)c2ccccc2)CC1. The first kappa shape index (κ1) is 12.1. The summed E-state index contributed by atoms with van der Waals surface area (Å²) in [6.45, 7) is 0.109. The van der Waals surface area contributed by atoms with Crippen molar-refractivity contribution in [3.05, 3.63) is 30.3 Å². The molecule has 4 nitrogen and oxygen atoms in total. The summed E-state index contributed by atoms with van der Waals surface area (Å²) in [5, 5.41) is 8.63. The predicted octanol–water partition coefficient (Wildman–Crippen LogP) is 2.09. The van der Waals surface area contributed by atoms with E-state index in [1.807, 2.05) is 0 Å². The topological polar surface area (TPSA) is 67.2 Å². The van der Waals surface area contributed by atoms with Gasteiger partial charge in [0.15, 0.2) is 0 Å². The zero-order chi connectivity index (χ0) is 12.4. The molecule has 0 heterocycles. The van der Waals surface area contributed by atoms with Crippen molar-refractivity contribution in [2.45, 2.75) is 24.2 Å². The Morgan fingerprint density at radius 3 is 2.47 bits per heavy atom. The highest BCUT2D eigenvalue weighted by atomic mass is 32.2. The summed E-state index contributed by atoms with van der Waals surface area (Å²) in [7, 11) is -3.68. The molecule has 5 heteroatoms. The predicted molar refractivity (Wildman–Crippen MR) is 61.5 cm³/mol. The second-order valence-electron chi connectivity index (χ2n) is 4.36. The molecule has 0 atom stereocenters. The zero-order valence-corrected chi connectivity index (χ0v) is 10.1. The molecule has 0 unspecified atom stereocenters. The summed E-state index contributed by atoms with van der Waals surface area (Å²) in [6.07, 6.45) is 2.09. The van der Waals surface area contributed by atoms with Gasteiger partial charge in [-0.05, 0) is 25.0 Å². The van der Waals surface area contributed by atoms with Gasteiger partial charge in [0.25, 0.3) is 10.1 Å². The van der Waals surface area contributed by atoms with E-state index in [1.165, 1.54) is 12.1 Å². The molecule has 0 bridgehead atoms. The number of benzene rings is 1. The quantitative estimate of drug-likeness (QED) is 0.751. The minimum absolute atomic E-state index is 0.109. The normalized spacial score (nSPS) is 17.4. The fourth-order valence-corrected chi connectivity index (χ4v) is 2.61. The van der Waals surface area contributed by atoms with Crippen LogP contribution in [-0.4, -0.2) is 15.0 Å². The Morgan fingerprint density at radius 2 is 1.94 bits per heavy atom. The van der Waals surface area contributed by atoms with Crippen molar-refractivity contribution in [2.24, 2.45) is 5.41 Å². The third-order valence-electron chi connectivity index (χ3n) is 2.96. The highest BCUT2D eigenvalue weighted by Gasteiger charge is 2.44. The summed E-state index contributed by atoms with van der Waals surface area (Å²) in [6, 6.07) is 10.1. The lowest BCUT2D eigenvalue weighted by molar-refractivity contribution is 0.242. The number of hydrogen-bond acceptors (Lipinski definition) is 4. The van der Waals surface area contributed by atoms with Crippen molar-refractivity contribution in [3.63, 3.8) is 0 Å². The lowest BCUT2D eigenvalue weighted by Gasteiger charge is -2.11. The van der Waals surface area contributed by atoms with Gasteiger partial charge in [0.2, 0.25) is 0 Å². The van der Waals surface area contributed by atoms with Crippen LogP contribution in [0.25, 0.3) is 0 Å². The van der Waals surface area contributed by atoms with Gasteiger partial charge in [0.1, 0.15) is 0 Å². The fourth-order valence-electron chi connectivity index (χ4n) is 1.57. The van der Waals surface area contributed by atoms with Crippen LogP contribution in [0.2, 0.25) is 0 Å². The molecular weight excluding hydrogens is 238 g/mol. The molecule has 1 aliphatic carbocycles. The van der Waals surface area contributed by atoms with Crippen LogP contribution >= 0.6 is 0 Å². The summed E-state index contributed by atoms with van der Waals surface area (Å²) >= 11 is 0. The van der Waals surface area contributed by atoms with E-state index in [9.17, 15) is 8.42 Å². The summed E-state index contributed by atoms with van der Waals surface area (Å²) in [5.74, 6) is 0. The maximum absolute atomic E-state index is 11.8. The highest BCUT2D eigenvalue weighted by Crippen LogP contribution is 2.49.